The van der Waals surface area contributed by atoms with Gasteiger partial charge in [0.2, 0.25) is 6.79 Å². The lowest BCUT2D eigenvalue weighted by atomic mass is 10.1. The van der Waals surface area contributed by atoms with Gasteiger partial charge in [0, 0.05) is 11.1 Å². The maximum Gasteiger partial charge on any atom is 0.271 e. The van der Waals surface area contributed by atoms with Crippen molar-refractivity contribution in [3.05, 3.63) is 57.3 Å². The first-order valence-electron chi connectivity index (χ1n) is 6.85. The molecule has 1 heterocycles. The fourth-order valence-electron chi connectivity index (χ4n) is 2.10. The van der Waals surface area contributed by atoms with E-state index in [1.807, 2.05) is 0 Å². The zero-order chi connectivity index (χ0) is 17.3. The number of nitrogens with one attached hydrogen (secondary N) is 1. The number of hydrazone groups is 1. The zero-order valence-corrected chi connectivity index (χ0v) is 13.9. The zero-order valence-electron chi connectivity index (χ0n) is 12.4. The molecule has 0 saturated heterocycles. The predicted octanol–water partition coefficient (Wildman–Crippen LogP) is 4.02. The Balaban J connectivity index is 1.77. The van der Waals surface area contributed by atoms with Crippen molar-refractivity contribution in [3.63, 3.8) is 0 Å². The first-order chi connectivity index (χ1) is 11.5. The molecule has 0 saturated carbocycles. The molecule has 1 amide bonds. The lowest BCUT2D eigenvalue weighted by Gasteiger charge is -2.06. The predicted molar refractivity (Wildman–Crippen MR) is 88.7 cm³/mol. The average molecular weight is 369 g/mol. The summed E-state index contributed by atoms with van der Waals surface area (Å²) in [4.78, 5) is 12.1. The summed E-state index contributed by atoms with van der Waals surface area (Å²) in [6.45, 7) is 1.72. The van der Waals surface area contributed by atoms with Crippen LogP contribution in [0.3, 0.4) is 0 Å². The molecule has 1 aliphatic rings. The van der Waals surface area contributed by atoms with Crippen LogP contribution in [0, 0.1) is 5.82 Å². The maximum atomic E-state index is 13.6. The molecule has 3 rings (SSSR count). The number of amides is 1. The Hall–Kier alpha value is -2.31. The van der Waals surface area contributed by atoms with Gasteiger partial charge >= 0.3 is 0 Å². The van der Waals surface area contributed by atoms with Crippen LogP contribution in [0.1, 0.15) is 22.8 Å². The molecule has 0 atom stereocenters. The Morgan fingerprint density at radius 1 is 1.17 bits per heavy atom. The minimum Gasteiger partial charge on any atom is -0.454 e. The topological polar surface area (TPSA) is 59.9 Å². The third kappa shape index (κ3) is 3.29. The van der Waals surface area contributed by atoms with Crippen LogP contribution in [-0.4, -0.2) is 18.4 Å². The van der Waals surface area contributed by atoms with Crippen molar-refractivity contribution in [2.45, 2.75) is 6.92 Å². The van der Waals surface area contributed by atoms with Crippen molar-refractivity contribution >= 4 is 34.8 Å². The van der Waals surface area contributed by atoms with Crippen LogP contribution in [-0.2, 0) is 0 Å². The van der Waals surface area contributed by atoms with E-state index in [2.05, 4.69) is 10.5 Å². The van der Waals surface area contributed by atoms with Crippen LogP contribution in [0.15, 0.2) is 35.4 Å². The van der Waals surface area contributed by atoms with Crippen LogP contribution in [0.2, 0.25) is 10.0 Å². The first kappa shape index (κ1) is 16.5. The number of carbonyl (C=O) groups excluding carboxylic acids is 1. The highest BCUT2D eigenvalue weighted by molar-refractivity contribution is 6.37. The molecule has 5 nitrogen and oxygen atoms in total. The Bertz CT molecular complexity index is 855. The number of nitrogens with zero attached hydrogens (tertiary/aromatic N) is 1. The Kier molecular flexibility index (Phi) is 4.59. The smallest absolute Gasteiger partial charge is 0.271 e. The van der Waals surface area contributed by atoms with Gasteiger partial charge in [0.05, 0.1) is 15.8 Å². The standard InChI is InChI=1S/C16H11Cl2FN2O3/c1-8(10-5-13(19)12(18)6-11(10)17)20-21-16(22)9-2-3-14-15(4-9)24-7-23-14/h2-6H,7H2,1H3,(H,21,22)/b20-8-. The lowest BCUT2D eigenvalue weighted by molar-refractivity contribution is 0.0954. The van der Waals surface area contributed by atoms with Crippen molar-refractivity contribution < 1.29 is 18.7 Å². The van der Waals surface area contributed by atoms with Crippen LogP contribution < -0.4 is 14.9 Å². The Labute approximate surface area is 147 Å². The van der Waals surface area contributed by atoms with E-state index < -0.39 is 11.7 Å². The number of halogens is 3. The second-order valence-electron chi connectivity index (χ2n) is 4.95. The van der Waals surface area contributed by atoms with Gasteiger partial charge in [-0.1, -0.05) is 23.2 Å². The summed E-state index contributed by atoms with van der Waals surface area (Å²) in [6.07, 6.45) is 0. The molecule has 0 bridgehead atoms. The quantitative estimate of drug-likeness (QED) is 0.505. The average Bonchev–Trinajstić information content (AvgIpc) is 3.03. The lowest BCUT2D eigenvalue weighted by Crippen LogP contribution is -2.19. The van der Waals surface area contributed by atoms with Gasteiger partial charge < -0.3 is 9.47 Å². The fourth-order valence-corrected chi connectivity index (χ4v) is 2.62. The summed E-state index contributed by atoms with van der Waals surface area (Å²) in [5.74, 6) is 0.00624. The molecule has 1 aliphatic heterocycles. The molecule has 0 spiro atoms. The van der Waals surface area contributed by atoms with E-state index in [1.165, 1.54) is 6.07 Å². The number of ether oxygens (including phenoxy) is 2. The van der Waals surface area contributed by atoms with Crippen LogP contribution in [0.5, 0.6) is 11.5 Å². The van der Waals surface area contributed by atoms with Crippen LogP contribution >= 0.6 is 23.2 Å². The van der Waals surface area contributed by atoms with Gasteiger partial charge in [-0.3, -0.25) is 4.79 Å². The molecule has 0 radical (unpaired) electrons. The van der Waals surface area contributed by atoms with Crippen molar-refractivity contribution in [1.29, 1.82) is 0 Å². The number of rotatable bonds is 3. The number of hydrogen-bond donors (Lipinski definition) is 1. The molecule has 0 aliphatic carbocycles. The van der Waals surface area contributed by atoms with Crippen LogP contribution in [0.4, 0.5) is 4.39 Å². The second kappa shape index (κ2) is 6.67. The van der Waals surface area contributed by atoms with Gasteiger partial charge in [0.25, 0.3) is 5.91 Å². The molecule has 0 unspecified atom stereocenters. The summed E-state index contributed by atoms with van der Waals surface area (Å²) < 4.78 is 23.9. The molecule has 0 aromatic heterocycles. The van der Waals surface area contributed by atoms with E-state index in [0.29, 0.717) is 28.3 Å². The van der Waals surface area contributed by atoms with E-state index >= 15 is 0 Å². The number of hydrogen-bond acceptors (Lipinski definition) is 4. The molecule has 124 valence electrons. The van der Waals surface area contributed by atoms with E-state index in [-0.39, 0.29) is 16.8 Å². The number of carbonyl (C=O) groups is 1. The van der Waals surface area contributed by atoms with Gasteiger partial charge in [-0.15, -0.1) is 0 Å². The second-order valence-corrected chi connectivity index (χ2v) is 5.77. The summed E-state index contributed by atoms with van der Waals surface area (Å²) in [5, 5.41) is 4.10. The van der Waals surface area contributed by atoms with Gasteiger partial charge in [0.15, 0.2) is 11.5 Å². The minimum atomic E-state index is -0.618. The molecule has 2 aromatic carbocycles. The number of fused-ring (bicyclic) bond motifs is 1. The van der Waals surface area contributed by atoms with Gasteiger partial charge in [0.1, 0.15) is 5.82 Å². The molecule has 1 N–H and O–H groups in total. The normalized spacial score (nSPS) is 13.1. The molecular formula is C16H11Cl2FN2O3. The SMILES string of the molecule is C/C(=N/NC(=O)c1ccc2c(c1)OCO2)c1cc(F)c(Cl)cc1Cl. The number of benzene rings is 2. The third-order valence-electron chi connectivity index (χ3n) is 3.36. The first-order valence-corrected chi connectivity index (χ1v) is 7.60. The summed E-state index contributed by atoms with van der Waals surface area (Å²) >= 11 is 11.7. The van der Waals surface area contributed by atoms with Gasteiger partial charge in [-0.05, 0) is 37.3 Å². The molecular weight excluding hydrogens is 358 g/mol. The molecule has 8 heteroatoms. The summed E-state index contributed by atoms with van der Waals surface area (Å²) in [7, 11) is 0. The van der Waals surface area contributed by atoms with Crippen molar-refractivity contribution in [2.75, 3.05) is 6.79 Å². The summed E-state index contributed by atoms with van der Waals surface area (Å²) in [5.41, 5.74) is 3.41. The van der Waals surface area contributed by atoms with Crippen molar-refractivity contribution in [1.82, 2.24) is 5.43 Å². The van der Waals surface area contributed by atoms with E-state index in [9.17, 15) is 9.18 Å². The molecule has 2 aromatic rings. The highest BCUT2D eigenvalue weighted by atomic mass is 35.5. The monoisotopic (exact) mass is 368 g/mol. The van der Waals surface area contributed by atoms with Gasteiger partial charge in [-0.2, -0.15) is 5.10 Å². The highest BCUT2D eigenvalue weighted by Crippen LogP contribution is 2.32. The van der Waals surface area contributed by atoms with Crippen molar-refractivity contribution in [2.24, 2.45) is 5.10 Å². The van der Waals surface area contributed by atoms with E-state index in [4.69, 9.17) is 32.7 Å². The molecule has 24 heavy (non-hydrogen) atoms. The van der Waals surface area contributed by atoms with E-state index in [1.54, 1.807) is 25.1 Å². The van der Waals surface area contributed by atoms with Gasteiger partial charge in [-0.25, -0.2) is 9.82 Å². The minimum absolute atomic E-state index is 0.0825. The van der Waals surface area contributed by atoms with Crippen molar-refractivity contribution in [3.8, 4) is 11.5 Å². The Morgan fingerprint density at radius 2 is 1.92 bits per heavy atom. The summed E-state index contributed by atoms with van der Waals surface area (Å²) in [6, 6.07) is 7.22. The van der Waals surface area contributed by atoms with Crippen LogP contribution in [0.25, 0.3) is 0 Å². The highest BCUT2D eigenvalue weighted by Gasteiger charge is 2.16. The maximum absolute atomic E-state index is 13.6. The van der Waals surface area contributed by atoms with E-state index in [0.717, 1.165) is 6.07 Å². The fraction of sp³-hybridized carbons (Fsp3) is 0.125. The third-order valence-corrected chi connectivity index (χ3v) is 3.96. The largest absolute Gasteiger partial charge is 0.454 e. The Morgan fingerprint density at radius 3 is 2.71 bits per heavy atom. The molecule has 0 fully saturated rings.